The van der Waals surface area contributed by atoms with Gasteiger partial charge in [-0.2, -0.15) is 0 Å². The zero-order chi connectivity index (χ0) is 30.0. The zero-order valence-electron chi connectivity index (χ0n) is 24.7. The molecule has 224 valence electrons. The molecule has 0 amide bonds. The van der Waals surface area contributed by atoms with Crippen molar-refractivity contribution >= 4 is 11.9 Å². The Bertz CT molecular complexity index is 1250. The predicted octanol–water partition coefficient (Wildman–Crippen LogP) is 9.28. The van der Waals surface area contributed by atoms with Gasteiger partial charge in [0, 0.05) is 6.08 Å². The van der Waals surface area contributed by atoms with Crippen molar-refractivity contribution in [2.24, 2.45) is 0 Å². The van der Waals surface area contributed by atoms with Crippen LogP contribution >= 0.6 is 0 Å². The average Bonchev–Trinajstić information content (AvgIpc) is 3.01. The third-order valence-electron chi connectivity index (χ3n) is 7.05. The van der Waals surface area contributed by atoms with Gasteiger partial charge in [-0.05, 0) is 91.6 Å². The summed E-state index contributed by atoms with van der Waals surface area (Å²) in [6, 6.07) is 19.5. The Morgan fingerprint density at radius 3 is 2.10 bits per heavy atom. The van der Waals surface area contributed by atoms with Gasteiger partial charge in [-0.3, -0.25) is 0 Å². The molecule has 0 unspecified atom stereocenters. The first-order valence-electron chi connectivity index (χ1n) is 15.1. The highest BCUT2D eigenvalue weighted by Crippen LogP contribution is 2.27. The number of ether oxygens (including phenoxy) is 3. The Kier molecular flexibility index (Phi) is 14.3. The molecule has 0 aliphatic heterocycles. The first-order valence-corrected chi connectivity index (χ1v) is 15.1. The van der Waals surface area contributed by atoms with Gasteiger partial charge in [0.1, 0.15) is 5.75 Å². The molecule has 5 nitrogen and oxygen atoms in total. The summed E-state index contributed by atoms with van der Waals surface area (Å²) in [5.74, 6) is -1.09. The lowest BCUT2D eigenvalue weighted by Gasteiger charge is -2.10. The molecule has 0 aromatic heterocycles. The molecule has 3 rings (SSSR count). The predicted molar refractivity (Wildman–Crippen MR) is 165 cm³/mol. The number of esters is 2. The SMILES string of the molecule is C=CC(=O)OCCCCCCOc1ccc(C(=O)Oc2ccc(-c3ccc(CCCCCCCC)cc3)cc2F)cc1. The van der Waals surface area contributed by atoms with Crippen LogP contribution in [0.3, 0.4) is 0 Å². The van der Waals surface area contributed by atoms with Crippen LogP contribution in [-0.4, -0.2) is 25.2 Å². The van der Waals surface area contributed by atoms with Crippen molar-refractivity contribution in [3.63, 3.8) is 0 Å². The maximum Gasteiger partial charge on any atom is 0.343 e. The normalized spacial score (nSPS) is 10.7. The van der Waals surface area contributed by atoms with Gasteiger partial charge in [-0.25, -0.2) is 14.0 Å². The fourth-order valence-corrected chi connectivity index (χ4v) is 4.56. The minimum absolute atomic E-state index is 0.108. The van der Waals surface area contributed by atoms with E-state index in [-0.39, 0.29) is 5.75 Å². The Hall–Kier alpha value is -3.93. The highest BCUT2D eigenvalue weighted by Gasteiger charge is 2.13. The maximum atomic E-state index is 14.8. The second-order valence-electron chi connectivity index (χ2n) is 10.4. The monoisotopic (exact) mass is 574 g/mol. The van der Waals surface area contributed by atoms with Crippen LogP contribution < -0.4 is 9.47 Å². The van der Waals surface area contributed by atoms with Crippen LogP contribution in [0.5, 0.6) is 11.5 Å². The second kappa shape index (κ2) is 18.5. The molecule has 0 fully saturated rings. The van der Waals surface area contributed by atoms with E-state index in [4.69, 9.17) is 14.2 Å². The summed E-state index contributed by atoms with van der Waals surface area (Å²) < 4.78 is 30.9. The summed E-state index contributed by atoms with van der Waals surface area (Å²) in [6.45, 7) is 6.52. The van der Waals surface area contributed by atoms with Gasteiger partial charge < -0.3 is 14.2 Å². The summed E-state index contributed by atoms with van der Waals surface area (Å²) in [5.41, 5.74) is 3.25. The van der Waals surface area contributed by atoms with E-state index < -0.39 is 17.8 Å². The van der Waals surface area contributed by atoms with E-state index >= 15 is 0 Å². The molecule has 0 N–H and O–H groups in total. The van der Waals surface area contributed by atoms with Gasteiger partial charge in [0.15, 0.2) is 11.6 Å². The number of hydrogen-bond acceptors (Lipinski definition) is 5. The Labute approximate surface area is 249 Å². The van der Waals surface area contributed by atoms with E-state index in [0.29, 0.717) is 24.5 Å². The second-order valence-corrected chi connectivity index (χ2v) is 10.4. The third kappa shape index (κ3) is 11.5. The molecule has 42 heavy (non-hydrogen) atoms. The summed E-state index contributed by atoms with van der Waals surface area (Å²) in [7, 11) is 0. The van der Waals surface area contributed by atoms with Crippen LogP contribution in [-0.2, 0) is 16.0 Å². The number of benzene rings is 3. The lowest BCUT2D eigenvalue weighted by Crippen LogP contribution is -2.09. The van der Waals surface area contributed by atoms with Gasteiger partial charge in [0.25, 0.3) is 0 Å². The van der Waals surface area contributed by atoms with E-state index in [1.165, 1.54) is 56.2 Å². The third-order valence-corrected chi connectivity index (χ3v) is 7.05. The van der Waals surface area contributed by atoms with Crippen LogP contribution in [0.1, 0.15) is 87.1 Å². The lowest BCUT2D eigenvalue weighted by atomic mass is 10.0. The van der Waals surface area contributed by atoms with Crippen molar-refractivity contribution in [3.8, 4) is 22.6 Å². The molecular weight excluding hydrogens is 531 g/mol. The zero-order valence-corrected chi connectivity index (χ0v) is 24.7. The molecule has 0 aliphatic carbocycles. The molecule has 6 heteroatoms. The number of aryl methyl sites for hydroxylation is 1. The van der Waals surface area contributed by atoms with E-state index in [0.717, 1.165) is 49.3 Å². The molecule has 0 aliphatic rings. The summed E-state index contributed by atoms with van der Waals surface area (Å²) >= 11 is 0. The summed E-state index contributed by atoms with van der Waals surface area (Å²) in [6.07, 6.45) is 13.4. The summed E-state index contributed by atoms with van der Waals surface area (Å²) in [4.78, 5) is 23.6. The number of carbonyl (C=O) groups is 2. The molecule has 0 atom stereocenters. The van der Waals surface area contributed by atoms with Gasteiger partial charge in [-0.15, -0.1) is 0 Å². The lowest BCUT2D eigenvalue weighted by molar-refractivity contribution is -0.137. The number of halogens is 1. The average molecular weight is 575 g/mol. The quantitative estimate of drug-likeness (QED) is 0.0618. The number of unbranched alkanes of at least 4 members (excludes halogenated alkanes) is 8. The maximum absolute atomic E-state index is 14.8. The van der Waals surface area contributed by atoms with Gasteiger partial charge >= 0.3 is 11.9 Å². The van der Waals surface area contributed by atoms with Crippen LogP contribution in [0.2, 0.25) is 0 Å². The van der Waals surface area contributed by atoms with Crippen molar-refractivity contribution in [1.29, 1.82) is 0 Å². The molecule has 0 spiro atoms. The fraction of sp³-hybridized carbons (Fsp3) is 0.389. The Morgan fingerprint density at radius 2 is 1.40 bits per heavy atom. The van der Waals surface area contributed by atoms with Gasteiger partial charge in [-0.1, -0.05) is 75.9 Å². The van der Waals surface area contributed by atoms with E-state index in [1.54, 1.807) is 30.3 Å². The smallest absolute Gasteiger partial charge is 0.343 e. The largest absolute Gasteiger partial charge is 0.494 e. The van der Waals surface area contributed by atoms with Crippen molar-refractivity contribution in [1.82, 2.24) is 0 Å². The molecule has 0 heterocycles. The van der Waals surface area contributed by atoms with Crippen molar-refractivity contribution in [2.45, 2.75) is 77.6 Å². The molecule has 0 bridgehead atoms. The first-order chi connectivity index (χ1) is 20.5. The van der Waals surface area contributed by atoms with E-state index in [9.17, 15) is 14.0 Å². The molecule has 0 radical (unpaired) electrons. The highest BCUT2D eigenvalue weighted by atomic mass is 19.1. The molecular formula is C36H43FO5. The van der Waals surface area contributed by atoms with Crippen molar-refractivity contribution in [2.75, 3.05) is 13.2 Å². The van der Waals surface area contributed by atoms with E-state index in [2.05, 4.69) is 25.6 Å². The molecule has 3 aromatic rings. The van der Waals surface area contributed by atoms with E-state index in [1.807, 2.05) is 12.1 Å². The van der Waals surface area contributed by atoms with Gasteiger partial charge in [0.2, 0.25) is 0 Å². The van der Waals surface area contributed by atoms with Crippen LogP contribution in [0.15, 0.2) is 79.4 Å². The molecule has 0 saturated heterocycles. The number of carbonyl (C=O) groups excluding carboxylic acids is 2. The minimum Gasteiger partial charge on any atom is -0.494 e. The minimum atomic E-state index is -0.635. The standard InChI is InChI=1S/C36H43FO5/c1-3-5-6-7-8-11-14-28-15-17-29(18-16-28)31-21-24-34(33(37)27-31)42-36(39)30-19-22-32(23-20-30)40-25-12-9-10-13-26-41-35(38)4-2/h4,15-24,27H,2-3,5-14,25-26H2,1H3. The van der Waals surface area contributed by atoms with Gasteiger partial charge in [0.05, 0.1) is 18.8 Å². The van der Waals surface area contributed by atoms with Crippen LogP contribution in [0.25, 0.3) is 11.1 Å². The molecule has 3 aromatic carbocycles. The van der Waals surface area contributed by atoms with Crippen molar-refractivity contribution in [3.05, 3.63) is 96.3 Å². The Morgan fingerprint density at radius 1 is 0.762 bits per heavy atom. The molecule has 0 saturated carbocycles. The summed E-state index contributed by atoms with van der Waals surface area (Å²) in [5, 5.41) is 0. The van der Waals surface area contributed by atoms with Crippen LogP contribution in [0, 0.1) is 5.82 Å². The number of rotatable bonds is 19. The highest BCUT2D eigenvalue weighted by molar-refractivity contribution is 5.91. The topological polar surface area (TPSA) is 61.8 Å². The fourth-order valence-electron chi connectivity index (χ4n) is 4.56. The number of hydrogen-bond donors (Lipinski definition) is 0. The Balaban J connectivity index is 1.41. The van der Waals surface area contributed by atoms with Crippen LogP contribution in [0.4, 0.5) is 4.39 Å². The first kappa shape index (κ1) is 32.6. The van der Waals surface area contributed by atoms with Crippen molar-refractivity contribution < 1.29 is 28.2 Å².